The van der Waals surface area contributed by atoms with Crippen molar-refractivity contribution in [3.05, 3.63) is 0 Å². The zero-order valence-corrected chi connectivity index (χ0v) is 24.8. The molecule has 0 fully saturated rings. The van der Waals surface area contributed by atoms with Gasteiger partial charge in [-0.1, -0.05) is 0 Å². The number of carboxylic acids is 3. The normalized spacial score (nSPS) is 7.83. The van der Waals surface area contributed by atoms with E-state index in [1.165, 1.54) is 0 Å². The van der Waals surface area contributed by atoms with E-state index in [1.54, 1.807) is 0 Å². The summed E-state index contributed by atoms with van der Waals surface area (Å²) in [5, 5.41) is 38.9. The van der Waals surface area contributed by atoms with Gasteiger partial charge in [0.05, 0.1) is 5.97 Å². The summed E-state index contributed by atoms with van der Waals surface area (Å²) in [6, 6.07) is 0. The van der Waals surface area contributed by atoms with Crippen LogP contribution in [0.25, 0.3) is 0 Å². The number of aliphatic hydroxyl groups is 1. The van der Waals surface area contributed by atoms with E-state index in [0.29, 0.717) is 0 Å². The molecule has 18 heavy (non-hydrogen) atoms. The molecule has 0 heterocycles. The number of carboxylic acid groups (broad SMARTS) is 3. The number of halogens is 1. The van der Waals surface area contributed by atoms with E-state index in [4.69, 9.17) is 5.11 Å². The molecule has 0 unspecified atom stereocenters. The Kier molecular flexibility index (Phi) is 44.0. The van der Waals surface area contributed by atoms with E-state index < -0.39 is 36.4 Å². The SMILES string of the molecule is O=C([O-])CC(O)(CC(=O)[O-])C(=O)[O-].[Br-].[K+].[K+].[K+].[K+]. The average Bonchev–Trinajstić information content (AvgIpc) is 1.82. The molecule has 0 aliphatic heterocycles. The van der Waals surface area contributed by atoms with Crippen LogP contribution in [-0.4, -0.2) is 28.6 Å². The second kappa shape index (κ2) is 20.4. The molecule has 0 radical (unpaired) electrons. The van der Waals surface area contributed by atoms with Crippen molar-refractivity contribution in [3.8, 4) is 0 Å². The molecule has 0 spiro atoms. The zero-order valence-electron chi connectivity index (χ0n) is 10.7. The van der Waals surface area contributed by atoms with Crippen LogP contribution in [0.5, 0.6) is 0 Å². The van der Waals surface area contributed by atoms with Crippen molar-refractivity contribution in [1.29, 1.82) is 0 Å². The molecule has 0 aromatic rings. The summed E-state index contributed by atoms with van der Waals surface area (Å²) in [5.74, 6) is -5.98. The Labute approximate surface area is 284 Å². The Balaban J connectivity index is -0.0000000720. The van der Waals surface area contributed by atoms with Crippen molar-refractivity contribution in [1.82, 2.24) is 0 Å². The van der Waals surface area contributed by atoms with Crippen LogP contribution in [0.15, 0.2) is 0 Å². The van der Waals surface area contributed by atoms with Gasteiger partial charge in [0.2, 0.25) is 0 Å². The van der Waals surface area contributed by atoms with E-state index in [1.807, 2.05) is 0 Å². The maximum Gasteiger partial charge on any atom is 1.00 e. The maximum absolute atomic E-state index is 10.1. The van der Waals surface area contributed by atoms with E-state index >= 15 is 0 Å². The van der Waals surface area contributed by atoms with Gasteiger partial charge in [-0.3, -0.25) is 0 Å². The Morgan fingerprint density at radius 2 is 1.06 bits per heavy atom. The largest absolute Gasteiger partial charge is 1.00 e. The van der Waals surface area contributed by atoms with Crippen molar-refractivity contribution in [2.45, 2.75) is 18.4 Å². The summed E-state index contributed by atoms with van der Waals surface area (Å²) in [5.41, 5.74) is -2.97. The van der Waals surface area contributed by atoms with Crippen molar-refractivity contribution in [2.24, 2.45) is 0 Å². The molecule has 0 aromatic heterocycles. The van der Waals surface area contributed by atoms with Crippen LogP contribution < -0.4 is 238 Å². The van der Waals surface area contributed by atoms with Crippen LogP contribution in [0, 0.1) is 0 Å². The van der Waals surface area contributed by atoms with Crippen molar-refractivity contribution < 1.29 is 257 Å². The monoisotopic (exact) mass is 424 g/mol. The van der Waals surface area contributed by atoms with E-state index in [0.717, 1.165) is 0 Å². The molecule has 7 nitrogen and oxygen atoms in total. The average molecular weight is 425 g/mol. The third-order valence-electron chi connectivity index (χ3n) is 1.25. The molecule has 82 valence electrons. The zero-order chi connectivity index (χ0) is 10.6. The molecular formula is C6H5BrK4O7. The fraction of sp³-hybridized carbons (Fsp3) is 0.500. The first kappa shape index (κ1) is 38.8. The van der Waals surface area contributed by atoms with Crippen molar-refractivity contribution in [3.63, 3.8) is 0 Å². The third kappa shape index (κ3) is 19.4. The number of rotatable bonds is 5. The minimum absolute atomic E-state index is 0. The molecule has 0 saturated carbocycles. The van der Waals surface area contributed by atoms with Gasteiger partial charge in [-0.2, -0.15) is 0 Å². The predicted molar refractivity (Wildman–Crippen MR) is 29.2 cm³/mol. The number of hydrogen-bond acceptors (Lipinski definition) is 7. The Bertz CT molecular complexity index is 246. The Hall–Kier alpha value is 5.40. The third-order valence-corrected chi connectivity index (χ3v) is 1.25. The van der Waals surface area contributed by atoms with Crippen LogP contribution >= 0.6 is 0 Å². The predicted octanol–water partition coefficient (Wildman–Crippen LogP) is -20.2. The fourth-order valence-electron chi connectivity index (χ4n) is 0.684. The summed E-state index contributed by atoms with van der Waals surface area (Å²) in [7, 11) is 0. The van der Waals surface area contributed by atoms with Crippen LogP contribution in [0.2, 0.25) is 0 Å². The first-order valence-electron chi connectivity index (χ1n) is 3.11. The number of aliphatic carboxylic acids is 3. The van der Waals surface area contributed by atoms with Crippen molar-refractivity contribution in [2.75, 3.05) is 0 Å². The molecular weight excluding hydrogens is 420 g/mol. The Morgan fingerprint density at radius 1 is 0.833 bits per heavy atom. The second-order valence-electron chi connectivity index (χ2n) is 2.42. The molecule has 0 aliphatic carbocycles. The van der Waals surface area contributed by atoms with Crippen LogP contribution in [0.3, 0.4) is 0 Å². The van der Waals surface area contributed by atoms with E-state index in [2.05, 4.69) is 0 Å². The molecule has 0 bridgehead atoms. The summed E-state index contributed by atoms with van der Waals surface area (Å²) in [4.78, 5) is 30.0. The van der Waals surface area contributed by atoms with Crippen LogP contribution in [0.1, 0.15) is 12.8 Å². The Morgan fingerprint density at radius 3 is 1.17 bits per heavy atom. The van der Waals surface area contributed by atoms with Gasteiger partial charge in [-0.05, 0) is 0 Å². The first-order chi connectivity index (χ1) is 5.78. The molecule has 0 saturated heterocycles. The fourth-order valence-corrected chi connectivity index (χ4v) is 0.684. The molecule has 0 rings (SSSR count). The van der Waals surface area contributed by atoms with Gasteiger partial charge < -0.3 is 51.8 Å². The standard InChI is InChI=1S/C6H8O7.BrH.4K/c7-3(8)1-6(13,5(11)12)2-4(9)10;;;;;/h13H,1-2H2,(H,7,8)(H,9,10)(H,11,12);1H;;;;/q;;4*+1/p-4. The van der Waals surface area contributed by atoms with Gasteiger partial charge in [0.25, 0.3) is 0 Å². The van der Waals surface area contributed by atoms with Gasteiger partial charge in [-0.25, -0.2) is 0 Å². The summed E-state index contributed by atoms with van der Waals surface area (Å²) in [6.07, 6.45) is -2.72. The molecule has 12 heteroatoms. The smallest absolute Gasteiger partial charge is 1.00 e. The van der Waals surface area contributed by atoms with Crippen LogP contribution in [-0.2, 0) is 14.4 Å². The minimum atomic E-state index is -2.97. The molecule has 0 atom stereocenters. The molecule has 1 N–H and O–H groups in total. The van der Waals surface area contributed by atoms with E-state index in [9.17, 15) is 29.7 Å². The minimum Gasteiger partial charge on any atom is -1.00 e. The molecule has 0 aliphatic rings. The number of hydrogen-bond donors (Lipinski definition) is 1. The first-order valence-corrected chi connectivity index (χ1v) is 3.11. The quantitative estimate of drug-likeness (QED) is 0.431. The van der Waals surface area contributed by atoms with E-state index in [-0.39, 0.29) is 223 Å². The summed E-state index contributed by atoms with van der Waals surface area (Å²) < 4.78 is 0. The second-order valence-corrected chi connectivity index (χ2v) is 2.42. The van der Waals surface area contributed by atoms with Gasteiger partial charge in [0, 0.05) is 24.8 Å². The topological polar surface area (TPSA) is 141 Å². The molecule has 0 aromatic carbocycles. The van der Waals surface area contributed by atoms with Gasteiger partial charge >= 0.3 is 206 Å². The van der Waals surface area contributed by atoms with Gasteiger partial charge in [-0.15, -0.1) is 0 Å². The van der Waals surface area contributed by atoms with Gasteiger partial charge in [0.1, 0.15) is 5.60 Å². The summed E-state index contributed by atoms with van der Waals surface area (Å²) in [6.45, 7) is 0. The summed E-state index contributed by atoms with van der Waals surface area (Å²) >= 11 is 0. The maximum atomic E-state index is 10.1. The van der Waals surface area contributed by atoms with Gasteiger partial charge in [0.15, 0.2) is 0 Å². The van der Waals surface area contributed by atoms with Crippen LogP contribution in [0.4, 0.5) is 0 Å². The molecule has 0 amide bonds. The number of carbonyl (C=O) groups excluding carboxylic acids is 3. The number of carbonyl (C=O) groups is 3. The van der Waals surface area contributed by atoms with Crippen molar-refractivity contribution >= 4 is 17.9 Å².